The Kier molecular flexibility index (Phi) is 19.9. The molecule has 10 atom stereocenters. The van der Waals surface area contributed by atoms with Crippen molar-refractivity contribution in [2.75, 3.05) is 27.2 Å². The molecule has 6 unspecified atom stereocenters. The molecule has 2 aliphatic heterocycles. The van der Waals surface area contributed by atoms with E-state index in [4.69, 9.17) is 15.6 Å². The predicted molar refractivity (Wildman–Crippen MR) is 314 cm³/mol. The second-order valence-electron chi connectivity index (χ2n) is 25.7. The van der Waals surface area contributed by atoms with Crippen molar-refractivity contribution >= 4 is 63.1 Å². The molecule has 4 aromatic carbocycles. The molecule has 436 valence electrons. The van der Waals surface area contributed by atoms with Crippen molar-refractivity contribution in [2.24, 2.45) is 28.4 Å². The van der Waals surface area contributed by atoms with Crippen LogP contribution in [-0.2, 0) is 23.9 Å². The van der Waals surface area contributed by atoms with E-state index < -0.39 is 52.7 Å². The minimum atomic E-state index is -0.874. The van der Waals surface area contributed by atoms with Crippen molar-refractivity contribution < 1.29 is 43.4 Å². The summed E-state index contributed by atoms with van der Waals surface area (Å²) in [6.07, 6.45) is 5.13. The topological polar surface area (TPSA) is 233 Å². The summed E-state index contributed by atoms with van der Waals surface area (Å²) in [5.74, 6) is -0.881. The highest BCUT2D eigenvalue weighted by atomic mass is 16.6. The van der Waals surface area contributed by atoms with Crippen LogP contribution in [0.3, 0.4) is 0 Å². The summed E-state index contributed by atoms with van der Waals surface area (Å²) in [5.41, 5.74) is 7.97. The molecule has 0 aromatic heterocycles. The number of hydrogen-bond donors (Lipinski definition) is 6. The van der Waals surface area contributed by atoms with Crippen molar-refractivity contribution in [3.05, 3.63) is 95.1 Å². The number of aryl methyl sites for hydroxylation is 2. The van der Waals surface area contributed by atoms with Gasteiger partial charge in [-0.3, -0.25) is 28.9 Å². The van der Waals surface area contributed by atoms with Gasteiger partial charge in [0.15, 0.2) is 0 Å². The Morgan fingerprint density at radius 3 is 1.56 bits per heavy atom. The number of rotatable bonds is 11. The lowest BCUT2D eigenvalue weighted by atomic mass is 9.85. The minimum absolute atomic E-state index is 0.00463. The first kappa shape index (κ1) is 62.6. The zero-order valence-electron chi connectivity index (χ0n) is 50.0. The van der Waals surface area contributed by atoms with Crippen LogP contribution in [0, 0.1) is 36.5 Å². The van der Waals surface area contributed by atoms with Gasteiger partial charge in [-0.25, -0.2) is 9.59 Å². The molecule has 4 fully saturated rings. The van der Waals surface area contributed by atoms with Gasteiger partial charge in [0, 0.05) is 43.8 Å². The molecule has 2 heterocycles. The minimum Gasteiger partial charge on any atom is -0.478 e. The molecular weight excluding hydrogens is 1010 g/mol. The van der Waals surface area contributed by atoms with Gasteiger partial charge in [-0.05, 0) is 162 Å². The van der Waals surface area contributed by atoms with E-state index in [1.165, 1.54) is 11.9 Å². The number of likely N-dealkylation sites (N-methyl/N-ethyl adjacent to an activating group) is 2. The fourth-order valence-corrected chi connectivity index (χ4v) is 11.8. The lowest BCUT2D eigenvalue weighted by molar-refractivity contribution is -0.141. The van der Waals surface area contributed by atoms with E-state index in [1.54, 1.807) is 47.7 Å². The monoisotopic (exact) mass is 1100 g/mol. The molecule has 0 radical (unpaired) electrons. The van der Waals surface area contributed by atoms with Crippen molar-refractivity contribution in [3.8, 4) is 0 Å². The molecular formula is C63H90N8O9. The van der Waals surface area contributed by atoms with Crippen molar-refractivity contribution in [1.29, 1.82) is 0 Å². The first-order chi connectivity index (χ1) is 37.4. The van der Waals surface area contributed by atoms with E-state index in [-0.39, 0.29) is 53.7 Å². The maximum absolute atomic E-state index is 13.9. The summed E-state index contributed by atoms with van der Waals surface area (Å²) in [4.78, 5) is 94.8. The summed E-state index contributed by atoms with van der Waals surface area (Å²) in [6.45, 7) is 25.8. The maximum atomic E-state index is 13.9. The normalized spacial score (nSPS) is 22.1. The molecule has 0 spiro atoms. The van der Waals surface area contributed by atoms with Gasteiger partial charge < -0.3 is 46.6 Å². The largest absolute Gasteiger partial charge is 0.478 e. The summed E-state index contributed by atoms with van der Waals surface area (Å²) >= 11 is 0. The van der Waals surface area contributed by atoms with E-state index in [0.717, 1.165) is 71.2 Å². The van der Waals surface area contributed by atoms with Gasteiger partial charge in [0.2, 0.25) is 23.6 Å². The molecule has 80 heavy (non-hydrogen) atoms. The molecule has 17 heteroatoms. The fraction of sp³-hybridized carbons (Fsp3) is 0.571. The van der Waals surface area contributed by atoms with Gasteiger partial charge in [0.05, 0.1) is 17.6 Å². The van der Waals surface area contributed by atoms with Crippen LogP contribution in [0.25, 0.3) is 21.5 Å². The van der Waals surface area contributed by atoms with Crippen LogP contribution in [0.2, 0.25) is 0 Å². The number of ether oxygens (including phenoxy) is 1. The average Bonchev–Trinajstić information content (AvgIpc) is 4.36. The standard InChI is InChI=1S/C29H40N4O3.C22H40N4O4.C12H10O2/c1-17-11-13-22(21-10-8-7-9-20(17)21)27(35)31-23-14-12-19-15-16-33(24(19)23)28(36)25(29(3,4)5)32-26(34)18(2)30-6;1-13(25(8)20(29)30-22(5,6)7)18(27)24-17(21(2,3)4)19(28)26-12-11-14-9-10-15(23)16(14)26;1-8-6-7-11(12(13)14)10-5-3-2-4-9(8)10/h7-11,13,18-19,23-25,30H,12,14-16H2,1-6H3,(H,31,35)(H,32,34);13-17H,9-12,23H2,1-8H3,(H,24,27);2-7H,1H3,(H,13,14)/t18-,19?,23?,24?,25+;13-,14?,15?,16?,17+;/m00./s1. The van der Waals surface area contributed by atoms with Crippen LogP contribution in [0.1, 0.15) is 147 Å². The second-order valence-corrected chi connectivity index (χ2v) is 25.7. The molecule has 4 aromatic rings. The highest BCUT2D eigenvalue weighted by Gasteiger charge is 2.50. The summed E-state index contributed by atoms with van der Waals surface area (Å²) in [7, 11) is 3.25. The quantitative estimate of drug-likeness (QED) is 0.0835. The number of nitrogens with zero attached hydrogens (tertiary/aromatic N) is 3. The van der Waals surface area contributed by atoms with Gasteiger partial charge in [-0.1, -0.05) is 102 Å². The highest BCUT2D eigenvalue weighted by molar-refractivity contribution is 6.08. The fourth-order valence-electron chi connectivity index (χ4n) is 11.8. The Morgan fingerprint density at radius 1 is 0.625 bits per heavy atom. The molecule has 7 N–H and O–H groups in total. The molecule has 2 saturated carbocycles. The number of aromatic carboxylic acids is 1. The van der Waals surface area contributed by atoms with E-state index >= 15 is 0 Å². The number of hydrogen-bond acceptors (Lipinski definition) is 10. The van der Waals surface area contributed by atoms with Crippen LogP contribution in [0.4, 0.5) is 4.79 Å². The predicted octanol–water partition coefficient (Wildman–Crippen LogP) is 8.35. The number of carboxylic acid groups (broad SMARTS) is 1. The highest BCUT2D eigenvalue weighted by Crippen LogP contribution is 2.41. The smallest absolute Gasteiger partial charge is 0.410 e. The summed E-state index contributed by atoms with van der Waals surface area (Å²) < 4.78 is 5.35. The van der Waals surface area contributed by atoms with Crippen LogP contribution in [0.15, 0.2) is 72.8 Å². The van der Waals surface area contributed by atoms with E-state index in [9.17, 15) is 33.6 Å². The number of carbonyl (C=O) groups is 7. The van der Waals surface area contributed by atoms with E-state index in [1.807, 2.05) is 125 Å². The third kappa shape index (κ3) is 14.5. The van der Waals surface area contributed by atoms with Gasteiger partial charge in [-0.2, -0.15) is 0 Å². The molecule has 17 nitrogen and oxygen atoms in total. The second kappa shape index (κ2) is 25.5. The van der Waals surface area contributed by atoms with Gasteiger partial charge in [0.1, 0.15) is 23.7 Å². The third-order valence-electron chi connectivity index (χ3n) is 16.6. The summed E-state index contributed by atoms with van der Waals surface area (Å²) in [5, 5.41) is 24.9. The zero-order chi connectivity index (χ0) is 59.3. The first-order valence-electron chi connectivity index (χ1n) is 28.5. The van der Waals surface area contributed by atoms with Crippen LogP contribution >= 0.6 is 0 Å². The summed E-state index contributed by atoms with van der Waals surface area (Å²) in [6, 6.07) is 20.3. The zero-order valence-corrected chi connectivity index (χ0v) is 50.0. The number of carboxylic acids is 1. The van der Waals surface area contributed by atoms with Crippen LogP contribution in [-0.4, -0.2) is 143 Å². The third-order valence-corrected chi connectivity index (χ3v) is 16.6. The first-order valence-corrected chi connectivity index (χ1v) is 28.5. The van der Waals surface area contributed by atoms with Crippen molar-refractivity contribution in [3.63, 3.8) is 0 Å². The Hall–Kier alpha value is -6.59. The molecule has 6 amide bonds. The van der Waals surface area contributed by atoms with Crippen LogP contribution in [0.5, 0.6) is 0 Å². The van der Waals surface area contributed by atoms with E-state index in [2.05, 4.69) is 28.2 Å². The van der Waals surface area contributed by atoms with E-state index in [0.29, 0.717) is 36.1 Å². The Balaban J connectivity index is 0.000000211. The number of fused-ring (bicyclic) bond motifs is 4. The number of benzene rings is 4. The van der Waals surface area contributed by atoms with Crippen LogP contribution < -0.4 is 27.0 Å². The Morgan fingerprint density at radius 2 is 1.07 bits per heavy atom. The van der Waals surface area contributed by atoms with Crippen molar-refractivity contribution in [2.45, 2.75) is 182 Å². The number of amides is 6. The number of nitrogens with one attached hydrogen (secondary N) is 4. The molecule has 0 bridgehead atoms. The number of likely N-dealkylation sites (tertiary alicyclic amines) is 2. The lowest BCUT2D eigenvalue weighted by Gasteiger charge is -2.38. The Labute approximate surface area is 473 Å². The number of carbonyl (C=O) groups excluding carboxylic acids is 6. The molecule has 8 rings (SSSR count). The number of nitrogens with two attached hydrogens (primary N) is 1. The maximum Gasteiger partial charge on any atom is 0.410 e. The van der Waals surface area contributed by atoms with Crippen molar-refractivity contribution in [1.82, 2.24) is 36.0 Å². The van der Waals surface area contributed by atoms with Gasteiger partial charge in [-0.15, -0.1) is 0 Å². The Bertz CT molecular complexity index is 2920. The molecule has 2 aliphatic carbocycles. The van der Waals surface area contributed by atoms with Gasteiger partial charge >= 0.3 is 12.1 Å². The van der Waals surface area contributed by atoms with Gasteiger partial charge in [0.25, 0.3) is 5.91 Å². The SMILES string of the molecule is CN[C@@H](C)C(=O)N[C@H](C(=O)N1CCC2CCC(NC(=O)c3ccc(C)c4ccccc34)C21)C(C)(C)C.C[C@@H](C(=O)N[C@H](C(=O)N1CCC2CCC(N)C21)C(C)(C)C)N(C)C(=O)OC(C)(C)C.Cc1ccc(C(=O)O)c2ccccc12. The molecule has 4 aliphatic rings. The lowest BCUT2D eigenvalue weighted by Crippen LogP contribution is -2.60. The average molecular weight is 1100 g/mol. The molecule has 2 saturated heterocycles.